The summed E-state index contributed by atoms with van der Waals surface area (Å²) in [5, 5.41) is 8.64. The lowest BCUT2D eigenvalue weighted by molar-refractivity contribution is -0.141. The Hall–Kier alpha value is -1.93. The summed E-state index contributed by atoms with van der Waals surface area (Å²) in [7, 11) is -3.57. The van der Waals surface area contributed by atoms with Gasteiger partial charge in [-0.3, -0.25) is 9.59 Å². The number of hydrogen-bond acceptors (Lipinski definition) is 4. The van der Waals surface area contributed by atoms with E-state index in [1.807, 2.05) is 12.1 Å². The van der Waals surface area contributed by atoms with E-state index in [9.17, 15) is 18.0 Å². The van der Waals surface area contributed by atoms with Gasteiger partial charge in [0.2, 0.25) is 15.9 Å². The molecule has 0 unspecified atom stereocenters. The Labute approximate surface area is 154 Å². The van der Waals surface area contributed by atoms with Crippen LogP contribution in [-0.4, -0.2) is 60.8 Å². The van der Waals surface area contributed by atoms with Crippen molar-refractivity contribution in [3.8, 4) is 0 Å². The zero-order valence-electron chi connectivity index (χ0n) is 15.1. The number of rotatable bonds is 8. The largest absolute Gasteiger partial charge is 0.481 e. The van der Waals surface area contributed by atoms with Gasteiger partial charge in [0.05, 0.1) is 11.3 Å². The van der Waals surface area contributed by atoms with Crippen LogP contribution in [0.2, 0.25) is 0 Å². The van der Waals surface area contributed by atoms with Crippen LogP contribution in [0.5, 0.6) is 0 Å². The fourth-order valence-corrected chi connectivity index (χ4v) is 4.33. The number of amides is 1. The second-order valence-corrected chi connectivity index (χ2v) is 8.36. The predicted molar refractivity (Wildman–Crippen MR) is 97.3 cm³/mol. The van der Waals surface area contributed by atoms with Crippen LogP contribution in [0, 0.1) is 0 Å². The Morgan fingerprint density at radius 2 is 1.65 bits per heavy atom. The third kappa shape index (κ3) is 5.28. The number of unbranched alkanes of at least 4 members (excludes halogenated alkanes) is 1. The highest BCUT2D eigenvalue weighted by molar-refractivity contribution is 7.89. The smallest absolute Gasteiger partial charge is 0.303 e. The Morgan fingerprint density at radius 3 is 2.19 bits per heavy atom. The number of carboxylic acid groups (broad SMARTS) is 1. The molecule has 1 amide bonds. The summed E-state index contributed by atoms with van der Waals surface area (Å²) < 4.78 is 26.9. The molecule has 26 heavy (non-hydrogen) atoms. The van der Waals surface area contributed by atoms with Crippen LogP contribution in [0.15, 0.2) is 29.2 Å². The van der Waals surface area contributed by atoms with E-state index in [0.29, 0.717) is 0 Å². The monoisotopic (exact) mass is 382 g/mol. The predicted octanol–water partition coefficient (Wildman–Crippen LogP) is 1.73. The molecule has 0 saturated carbocycles. The molecule has 2 rings (SSSR count). The lowest BCUT2D eigenvalue weighted by atomic mass is 10.1. The number of aryl methyl sites for hydroxylation is 1. The number of piperazine rings is 1. The third-order valence-electron chi connectivity index (χ3n) is 4.52. The van der Waals surface area contributed by atoms with E-state index < -0.39 is 16.0 Å². The molecule has 1 aliphatic heterocycles. The number of benzene rings is 1. The maximum atomic E-state index is 12.7. The lowest BCUT2D eigenvalue weighted by Crippen LogP contribution is -2.50. The first-order valence-corrected chi connectivity index (χ1v) is 10.4. The standard InChI is InChI=1S/C18H26N2O5S/c1-2-3-4-15-5-7-16(8-6-15)26(24,25)20-13-11-19(12-14-20)17(21)9-10-18(22)23/h5-8H,2-4,9-14H2,1H3,(H,22,23). The van der Waals surface area contributed by atoms with Gasteiger partial charge < -0.3 is 10.0 Å². The molecule has 7 nitrogen and oxygen atoms in total. The summed E-state index contributed by atoms with van der Waals surface area (Å²) >= 11 is 0. The van der Waals surface area contributed by atoms with Gasteiger partial charge >= 0.3 is 5.97 Å². The first-order chi connectivity index (χ1) is 12.3. The Kier molecular flexibility index (Phi) is 7.16. The molecule has 1 saturated heterocycles. The normalized spacial score (nSPS) is 15.8. The number of nitrogens with zero attached hydrogens (tertiary/aromatic N) is 2. The molecule has 0 spiro atoms. The zero-order chi connectivity index (χ0) is 19.2. The molecule has 8 heteroatoms. The van der Waals surface area contributed by atoms with Gasteiger partial charge in [-0.2, -0.15) is 4.31 Å². The van der Waals surface area contributed by atoms with Crippen LogP contribution in [0.4, 0.5) is 0 Å². The second-order valence-electron chi connectivity index (χ2n) is 6.43. The number of carboxylic acids is 1. The van der Waals surface area contributed by atoms with Gasteiger partial charge in [-0.1, -0.05) is 25.5 Å². The first-order valence-electron chi connectivity index (χ1n) is 8.93. The van der Waals surface area contributed by atoms with E-state index in [1.54, 1.807) is 12.1 Å². The number of carbonyl (C=O) groups is 2. The molecule has 0 aliphatic carbocycles. The summed E-state index contributed by atoms with van der Waals surface area (Å²) in [5.41, 5.74) is 1.12. The number of aliphatic carboxylic acids is 1. The highest BCUT2D eigenvalue weighted by Gasteiger charge is 2.30. The molecule has 1 aromatic carbocycles. The number of sulfonamides is 1. The maximum Gasteiger partial charge on any atom is 0.303 e. The summed E-state index contributed by atoms with van der Waals surface area (Å²) in [5.74, 6) is -1.26. The summed E-state index contributed by atoms with van der Waals surface area (Å²) in [6, 6.07) is 7.00. The Balaban J connectivity index is 1.94. The van der Waals surface area contributed by atoms with Gasteiger partial charge in [0, 0.05) is 32.6 Å². The summed E-state index contributed by atoms with van der Waals surface area (Å²) in [4.78, 5) is 24.3. The molecule has 0 aromatic heterocycles. The summed E-state index contributed by atoms with van der Waals surface area (Å²) in [6.07, 6.45) is 2.84. The van der Waals surface area contributed by atoms with Crippen LogP contribution in [0.25, 0.3) is 0 Å². The molecule has 1 heterocycles. The van der Waals surface area contributed by atoms with Crippen LogP contribution in [0.1, 0.15) is 38.2 Å². The highest BCUT2D eigenvalue weighted by Crippen LogP contribution is 2.19. The van der Waals surface area contributed by atoms with Gasteiger partial charge in [0.25, 0.3) is 0 Å². The van der Waals surface area contributed by atoms with E-state index >= 15 is 0 Å². The average Bonchev–Trinajstić information content (AvgIpc) is 2.64. The van der Waals surface area contributed by atoms with Crippen molar-refractivity contribution in [2.24, 2.45) is 0 Å². The van der Waals surface area contributed by atoms with E-state index in [1.165, 1.54) is 9.21 Å². The van der Waals surface area contributed by atoms with Crippen molar-refractivity contribution < 1.29 is 23.1 Å². The van der Waals surface area contributed by atoms with Crippen molar-refractivity contribution in [1.29, 1.82) is 0 Å². The van der Waals surface area contributed by atoms with E-state index in [-0.39, 0.29) is 49.8 Å². The molecule has 0 atom stereocenters. The fraction of sp³-hybridized carbons (Fsp3) is 0.556. The average molecular weight is 382 g/mol. The number of carbonyl (C=O) groups excluding carboxylic acids is 1. The van der Waals surface area contributed by atoms with Crippen LogP contribution < -0.4 is 0 Å². The van der Waals surface area contributed by atoms with Crippen molar-refractivity contribution in [1.82, 2.24) is 9.21 Å². The molecular formula is C18H26N2O5S. The van der Waals surface area contributed by atoms with Crippen molar-refractivity contribution >= 4 is 21.9 Å². The molecule has 1 aliphatic rings. The van der Waals surface area contributed by atoms with Gasteiger partial charge in [-0.05, 0) is 30.5 Å². The van der Waals surface area contributed by atoms with E-state index in [2.05, 4.69) is 6.92 Å². The minimum absolute atomic E-state index is 0.0543. The topological polar surface area (TPSA) is 95.0 Å². The SMILES string of the molecule is CCCCc1ccc(S(=O)(=O)N2CCN(C(=O)CCC(=O)O)CC2)cc1. The summed E-state index contributed by atoms with van der Waals surface area (Å²) in [6.45, 7) is 3.13. The first kappa shape index (κ1) is 20.4. The molecule has 1 aromatic rings. The molecular weight excluding hydrogens is 356 g/mol. The highest BCUT2D eigenvalue weighted by atomic mass is 32.2. The quantitative estimate of drug-likeness (QED) is 0.739. The molecule has 1 N–H and O–H groups in total. The second kappa shape index (κ2) is 9.14. The van der Waals surface area contributed by atoms with Crippen molar-refractivity contribution in [3.05, 3.63) is 29.8 Å². The fourth-order valence-electron chi connectivity index (χ4n) is 2.91. The zero-order valence-corrected chi connectivity index (χ0v) is 15.9. The molecule has 1 fully saturated rings. The minimum atomic E-state index is -3.57. The van der Waals surface area contributed by atoms with E-state index in [4.69, 9.17) is 5.11 Å². The van der Waals surface area contributed by atoms with Crippen molar-refractivity contribution in [3.63, 3.8) is 0 Å². The van der Waals surface area contributed by atoms with Crippen molar-refractivity contribution in [2.45, 2.75) is 43.9 Å². The molecule has 144 valence electrons. The Bertz CT molecular complexity index is 722. The Morgan fingerprint density at radius 1 is 1.04 bits per heavy atom. The van der Waals surface area contributed by atoms with E-state index in [0.717, 1.165) is 24.8 Å². The van der Waals surface area contributed by atoms with Crippen molar-refractivity contribution in [2.75, 3.05) is 26.2 Å². The van der Waals surface area contributed by atoms with Gasteiger partial charge in [0.15, 0.2) is 0 Å². The third-order valence-corrected chi connectivity index (χ3v) is 6.44. The van der Waals surface area contributed by atoms with Gasteiger partial charge in [-0.25, -0.2) is 8.42 Å². The van der Waals surface area contributed by atoms with Crippen LogP contribution in [-0.2, 0) is 26.0 Å². The van der Waals surface area contributed by atoms with Crippen LogP contribution in [0.3, 0.4) is 0 Å². The molecule has 0 bridgehead atoms. The maximum absolute atomic E-state index is 12.7. The van der Waals surface area contributed by atoms with Gasteiger partial charge in [0.1, 0.15) is 0 Å². The number of hydrogen-bond donors (Lipinski definition) is 1. The molecule has 0 radical (unpaired) electrons. The minimum Gasteiger partial charge on any atom is -0.481 e. The van der Waals surface area contributed by atoms with Crippen LogP contribution >= 0.6 is 0 Å². The van der Waals surface area contributed by atoms with Gasteiger partial charge in [-0.15, -0.1) is 0 Å². The lowest BCUT2D eigenvalue weighted by Gasteiger charge is -2.34.